The maximum absolute atomic E-state index is 13.4. The van der Waals surface area contributed by atoms with Crippen LogP contribution < -0.4 is 5.32 Å². The zero-order valence-corrected chi connectivity index (χ0v) is 10.5. The highest BCUT2D eigenvalue weighted by molar-refractivity contribution is 5.94. The number of anilines is 1. The van der Waals surface area contributed by atoms with E-state index in [2.05, 4.69) is 5.32 Å². The Morgan fingerprint density at radius 3 is 2.74 bits per heavy atom. The molecule has 0 saturated carbocycles. The molecule has 6 heteroatoms. The maximum atomic E-state index is 13.4. The molecule has 0 spiro atoms. The average Bonchev–Trinajstić information content (AvgIpc) is 2.76. The number of likely N-dealkylation sites (tertiary alicyclic amines) is 1. The van der Waals surface area contributed by atoms with Crippen LogP contribution in [0.5, 0.6) is 0 Å². The molecule has 19 heavy (non-hydrogen) atoms. The third-order valence-electron chi connectivity index (χ3n) is 3.46. The number of benzene rings is 1. The van der Waals surface area contributed by atoms with Crippen molar-refractivity contribution in [1.82, 2.24) is 4.90 Å². The summed E-state index contributed by atoms with van der Waals surface area (Å²) in [5.74, 6) is -1.60. The summed E-state index contributed by atoms with van der Waals surface area (Å²) >= 11 is 0. The minimum absolute atomic E-state index is 0.0483. The molecule has 5 nitrogen and oxygen atoms in total. The van der Waals surface area contributed by atoms with E-state index in [1.165, 1.54) is 30.0 Å². The van der Waals surface area contributed by atoms with Crippen molar-refractivity contribution in [1.29, 1.82) is 0 Å². The molecule has 1 aromatic carbocycles. The van der Waals surface area contributed by atoms with Crippen LogP contribution in [0.1, 0.15) is 19.8 Å². The Hall–Kier alpha value is -2.11. The summed E-state index contributed by atoms with van der Waals surface area (Å²) in [4.78, 5) is 24.6. The lowest BCUT2D eigenvalue weighted by molar-refractivity contribution is -0.146. The number of para-hydroxylation sites is 1. The highest BCUT2D eigenvalue weighted by Crippen LogP contribution is 2.30. The number of hydrogen-bond acceptors (Lipinski definition) is 2. The van der Waals surface area contributed by atoms with E-state index in [4.69, 9.17) is 0 Å². The first-order valence-electron chi connectivity index (χ1n) is 6.02. The first-order chi connectivity index (χ1) is 8.95. The van der Waals surface area contributed by atoms with Crippen LogP contribution in [-0.4, -0.2) is 34.1 Å². The molecule has 1 aromatic rings. The molecule has 1 unspecified atom stereocenters. The summed E-state index contributed by atoms with van der Waals surface area (Å²) in [5, 5.41) is 11.6. The van der Waals surface area contributed by atoms with Crippen molar-refractivity contribution in [3.63, 3.8) is 0 Å². The van der Waals surface area contributed by atoms with Gasteiger partial charge in [-0.3, -0.25) is 0 Å². The Labute approximate surface area is 110 Å². The minimum atomic E-state index is -1.23. The van der Waals surface area contributed by atoms with Gasteiger partial charge in [-0.1, -0.05) is 12.1 Å². The number of urea groups is 1. The Kier molecular flexibility index (Phi) is 3.42. The number of nitrogens with zero attached hydrogens (tertiary/aromatic N) is 1. The molecule has 102 valence electrons. The smallest absolute Gasteiger partial charge is 0.329 e. The first-order valence-corrected chi connectivity index (χ1v) is 6.02. The van der Waals surface area contributed by atoms with Crippen molar-refractivity contribution in [3.8, 4) is 0 Å². The number of nitrogens with one attached hydrogen (secondary N) is 1. The van der Waals surface area contributed by atoms with Crippen LogP contribution in [0.3, 0.4) is 0 Å². The van der Waals surface area contributed by atoms with Gasteiger partial charge in [-0.15, -0.1) is 0 Å². The molecule has 0 radical (unpaired) electrons. The number of carboxylic acids is 1. The van der Waals surface area contributed by atoms with Crippen molar-refractivity contribution in [2.24, 2.45) is 0 Å². The van der Waals surface area contributed by atoms with E-state index >= 15 is 0 Å². The number of rotatable bonds is 2. The van der Waals surface area contributed by atoms with Crippen LogP contribution in [-0.2, 0) is 4.79 Å². The fourth-order valence-corrected chi connectivity index (χ4v) is 2.26. The SMILES string of the molecule is CC1(C(=O)O)CCCN1C(=O)Nc1ccccc1F. The Morgan fingerprint density at radius 2 is 2.11 bits per heavy atom. The van der Waals surface area contributed by atoms with Crippen molar-refractivity contribution in [2.75, 3.05) is 11.9 Å². The van der Waals surface area contributed by atoms with Gasteiger partial charge in [-0.25, -0.2) is 14.0 Å². The molecular formula is C13H15FN2O3. The number of halogens is 1. The summed E-state index contributed by atoms with van der Waals surface area (Å²) in [6, 6.07) is 5.19. The third-order valence-corrected chi connectivity index (χ3v) is 3.46. The Balaban J connectivity index is 2.17. The van der Waals surface area contributed by atoms with E-state index in [1.807, 2.05) is 0 Å². The highest BCUT2D eigenvalue weighted by Gasteiger charge is 2.46. The lowest BCUT2D eigenvalue weighted by atomic mass is 10.00. The predicted octanol–water partition coefficient (Wildman–Crippen LogP) is 2.30. The summed E-state index contributed by atoms with van der Waals surface area (Å²) < 4.78 is 13.4. The van der Waals surface area contributed by atoms with E-state index in [-0.39, 0.29) is 5.69 Å². The van der Waals surface area contributed by atoms with Gasteiger partial charge in [0.2, 0.25) is 0 Å². The summed E-state index contributed by atoms with van der Waals surface area (Å²) in [6.07, 6.45) is 1.01. The second-order valence-corrected chi connectivity index (χ2v) is 4.74. The van der Waals surface area contributed by atoms with Crippen molar-refractivity contribution in [2.45, 2.75) is 25.3 Å². The van der Waals surface area contributed by atoms with Crippen LogP contribution in [0.2, 0.25) is 0 Å². The molecule has 0 bridgehead atoms. The van der Waals surface area contributed by atoms with E-state index in [0.29, 0.717) is 19.4 Å². The fourth-order valence-electron chi connectivity index (χ4n) is 2.26. The molecule has 2 rings (SSSR count). The monoisotopic (exact) mass is 266 g/mol. The minimum Gasteiger partial charge on any atom is -0.480 e. The number of hydrogen-bond donors (Lipinski definition) is 2. The van der Waals surface area contributed by atoms with Gasteiger partial charge in [0.1, 0.15) is 11.4 Å². The van der Waals surface area contributed by atoms with Gasteiger partial charge in [0, 0.05) is 6.54 Å². The Morgan fingerprint density at radius 1 is 1.42 bits per heavy atom. The lowest BCUT2D eigenvalue weighted by Crippen LogP contribution is -2.52. The van der Waals surface area contributed by atoms with Gasteiger partial charge in [0.05, 0.1) is 5.69 Å². The topological polar surface area (TPSA) is 69.6 Å². The second-order valence-electron chi connectivity index (χ2n) is 4.74. The van der Waals surface area contributed by atoms with Crippen LogP contribution in [0.4, 0.5) is 14.9 Å². The first kappa shape index (κ1) is 13.3. The molecular weight excluding hydrogens is 251 g/mol. The Bertz CT molecular complexity index is 520. The molecule has 1 aliphatic rings. The zero-order valence-electron chi connectivity index (χ0n) is 10.5. The predicted molar refractivity (Wildman–Crippen MR) is 67.4 cm³/mol. The third kappa shape index (κ3) is 2.38. The molecule has 2 N–H and O–H groups in total. The number of amides is 2. The van der Waals surface area contributed by atoms with Gasteiger partial charge >= 0.3 is 12.0 Å². The van der Waals surface area contributed by atoms with E-state index in [9.17, 15) is 19.1 Å². The largest absolute Gasteiger partial charge is 0.480 e. The zero-order chi connectivity index (χ0) is 14.0. The molecule has 1 saturated heterocycles. The number of carbonyl (C=O) groups excluding carboxylic acids is 1. The van der Waals surface area contributed by atoms with Crippen LogP contribution >= 0.6 is 0 Å². The summed E-state index contributed by atoms with van der Waals surface area (Å²) in [5.41, 5.74) is -1.18. The van der Waals surface area contributed by atoms with Gasteiger partial charge in [-0.2, -0.15) is 0 Å². The molecule has 1 fully saturated rings. The average molecular weight is 266 g/mol. The molecule has 1 aliphatic heterocycles. The van der Waals surface area contributed by atoms with E-state index < -0.39 is 23.4 Å². The maximum Gasteiger partial charge on any atom is 0.329 e. The number of carbonyl (C=O) groups is 2. The van der Waals surface area contributed by atoms with Crippen LogP contribution in [0, 0.1) is 5.82 Å². The van der Waals surface area contributed by atoms with Crippen LogP contribution in [0.25, 0.3) is 0 Å². The standard InChI is InChI=1S/C13H15FN2O3/c1-13(11(17)18)7-4-8-16(13)12(19)15-10-6-3-2-5-9(10)14/h2-3,5-6H,4,7-8H2,1H3,(H,15,19)(H,17,18). The van der Waals surface area contributed by atoms with E-state index in [1.54, 1.807) is 6.07 Å². The highest BCUT2D eigenvalue weighted by atomic mass is 19.1. The van der Waals surface area contributed by atoms with Gasteiger partial charge in [0.15, 0.2) is 0 Å². The van der Waals surface area contributed by atoms with Gasteiger partial charge in [-0.05, 0) is 31.9 Å². The van der Waals surface area contributed by atoms with Crippen molar-refractivity contribution < 1.29 is 19.1 Å². The van der Waals surface area contributed by atoms with Crippen LogP contribution in [0.15, 0.2) is 24.3 Å². The van der Waals surface area contributed by atoms with Crippen molar-refractivity contribution >= 4 is 17.7 Å². The van der Waals surface area contributed by atoms with Gasteiger partial charge < -0.3 is 15.3 Å². The molecule has 0 aromatic heterocycles. The second kappa shape index (κ2) is 4.87. The molecule has 1 atom stereocenters. The number of carboxylic acid groups (broad SMARTS) is 1. The number of aliphatic carboxylic acids is 1. The molecule has 0 aliphatic carbocycles. The van der Waals surface area contributed by atoms with Gasteiger partial charge in [0.25, 0.3) is 0 Å². The molecule has 1 heterocycles. The summed E-state index contributed by atoms with van der Waals surface area (Å²) in [7, 11) is 0. The normalized spacial score (nSPS) is 22.3. The quantitative estimate of drug-likeness (QED) is 0.862. The molecule has 2 amide bonds. The van der Waals surface area contributed by atoms with Crippen molar-refractivity contribution in [3.05, 3.63) is 30.1 Å². The fraction of sp³-hybridized carbons (Fsp3) is 0.385. The van der Waals surface area contributed by atoms with E-state index in [0.717, 1.165) is 0 Å². The lowest BCUT2D eigenvalue weighted by Gasteiger charge is -2.31. The summed E-state index contributed by atoms with van der Waals surface area (Å²) in [6.45, 7) is 1.85.